The van der Waals surface area contributed by atoms with Crippen molar-refractivity contribution in [1.82, 2.24) is 10.2 Å². The van der Waals surface area contributed by atoms with Crippen LogP contribution in [-0.4, -0.2) is 47.1 Å². The van der Waals surface area contributed by atoms with Gasteiger partial charge >= 0.3 is 5.97 Å². The van der Waals surface area contributed by atoms with Crippen LogP contribution in [0, 0.1) is 11.8 Å². The molecule has 3 fully saturated rings. The average molecular weight is 294 g/mol. The van der Waals surface area contributed by atoms with Gasteiger partial charge in [-0.25, -0.2) is 4.79 Å². The summed E-state index contributed by atoms with van der Waals surface area (Å²) in [5, 5.41) is 12.8. The average Bonchev–Trinajstić information content (AvgIpc) is 3.11. The zero-order valence-corrected chi connectivity index (χ0v) is 12.6. The summed E-state index contributed by atoms with van der Waals surface area (Å²) in [5.74, 6) is 0.253. The van der Waals surface area contributed by atoms with E-state index in [1.165, 1.54) is 6.42 Å². The molecule has 0 radical (unpaired) electrons. The number of fused-ring (bicyclic) bond motifs is 1. The Bertz CT molecular complexity index is 406. The summed E-state index contributed by atoms with van der Waals surface area (Å²) >= 11 is 0. The van der Waals surface area contributed by atoms with E-state index in [2.05, 4.69) is 5.32 Å². The third kappa shape index (κ3) is 3.07. The predicted octanol–water partition coefficient (Wildman–Crippen LogP) is 1.62. The van der Waals surface area contributed by atoms with E-state index < -0.39 is 12.0 Å². The second kappa shape index (κ2) is 6.34. The third-order valence-corrected chi connectivity index (χ3v) is 5.59. The highest BCUT2D eigenvalue weighted by molar-refractivity contribution is 5.84. The standard InChI is InChI=1S/C16H26N2O3/c19-15(6-5-11-7-8-17-10-11)18-13-4-2-1-3-12(13)9-14(18)16(20)21/h11-14,17H,1-10H2,(H,20,21). The van der Waals surface area contributed by atoms with E-state index in [9.17, 15) is 14.7 Å². The summed E-state index contributed by atoms with van der Waals surface area (Å²) in [4.78, 5) is 25.9. The zero-order valence-electron chi connectivity index (χ0n) is 12.6. The lowest BCUT2D eigenvalue weighted by Crippen LogP contribution is -2.46. The fraction of sp³-hybridized carbons (Fsp3) is 0.875. The first kappa shape index (κ1) is 14.8. The van der Waals surface area contributed by atoms with Crippen molar-refractivity contribution in [3.05, 3.63) is 0 Å². The molecule has 0 spiro atoms. The molecule has 21 heavy (non-hydrogen) atoms. The van der Waals surface area contributed by atoms with Crippen molar-refractivity contribution in [3.63, 3.8) is 0 Å². The Hall–Kier alpha value is -1.10. The number of hydrogen-bond acceptors (Lipinski definition) is 3. The van der Waals surface area contributed by atoms with Gasteiger partial charge in [0, 0.05) is 12.5 Å². The van der Waals surface area contributed by atoms with Crippen molar-refractivity contribution in [1.29, 1.82) is 0 Å². The number of likely N-dealkylation sites (tertiary alicyclic amines) is 1. The number of aliphatic carboxylic acids is 1. The quantitative estimate of drug-likeness (QED) is 0.826. The SMILES string of the molecule is O=C(O)C1CC2CCCCC2N1C(=O)CCC1CCNC1. The van der Waals surface area contributed by atoms with E-state index in [0.29, 0.717) is 24.7 Å². The number of amides is 1. The summed E-state index contributed by atoms with van der Waals surface area (Å²) in [6, 6.07) is -0.388. The molecule has 1 saturated carbocycles. The molecule has 3 rings (SSSR count). The number of hydrogen-bond donors (Lipinski definition) is 2. The molecular weight excluding hydrogens is 268 g/mol. The second-order valence-corrected chi connectivity index (χ2v) is 6.90. The smallest absolute Gasteiger partial charge is 0.326 e. The monoisotopic (exact) mass is 294 g/mol. The number of rotatable bonds is 4. The van der Waals surface area contributed by atoms with Crippen LogP contribution >= 0.6 is 0 Å². The molecule has 5 nitrogen and oxygen atoms in total. The number of carboxylic acid groups (broad SMARTS) is 1. The Labute approximate surface area is 126 Å². The fourth-order valence-corrected chi connectivity index (χ4v) is 4.46. The molecule has 2 N–H and O–H groups in total. The summed E-state index contributed by atoms with van der Waals surface area (Å²) in [6.07, 6.45) is 7.60. The zero-order chi connectivity index (χ0) is 14.8. The van der Waals surface area contributed by atoms with Gasteiger partial charge in [-0.1, -0.05) is 12.8 Å². The van der Waals surface area contributed by atoms with Crippen LogP contribution in [0.1, 0.15) is 51.4 Å². The van der Waals surface area contributed by atoms with Crippen molar-refractivity contribution in [2.45, 2.75) is 63.5 Å². The lowest BCUT2D eigenvalue weighted by molar-refractivity contribution is -0.150. The molecule has 5 heteroatoms. The molecule has 2 saturated heterocycles. The largest absolute Gasteiger partial charge is 0.480 e. The van der Waals surface area contributed by atoms with Crippen LogP contribution in [0.5, 0.6) is 0 Å². The second-order valence-electron chi connectivity index (χ2n) is 6.90. The molecule has 118 valence electrons. The summed E-state index contributed by atoms with van der Waals surface area (Å²) in [5.41, 5.74) is 0. The minimum Gasteiger partial charge on any atom is -0.480 e. The van der Waals surface area contributed by atoms with Gasteiger partial charge in [0.05, 0.1) is 0 Å². The van der Waals surface area contributed by atoms with E-state index in [1.807, 2.05) is 0 Å². The minimum atomic E-state index is -0.819. The number of nitrogens with one attached hydrogen (secondary N) is 1. The van der Waals surface area contributed by atoms with Crippen molar-refractivity contribution in [2.24, 2.45) is 11.8 Å². The van der Waals surface area contributed by atoms with Gasteiger partial charge in [0.1, 0.15) is 6.04 Å². The van der Waals surface area contributed by atoms with Gasteiger partial charge in [-0.2, -0.15) is 0 Å². The molecule has 3 aliphatic rings. The first-order valence-corrected chi connectivity index (χ1v) is 8.41. The highest BCUT2D eigenvalue weighted by atomic mass is 16.4. The Kier molecular flexibility index (Phi) is 4.48. The highest BCUT2D eigenvalue weighted by Crippen LogP contribution is 2.40. The summed E-state index contributed by atoms with van der Waals surface area (Å²) in [7, 11) is 0. The molecule has 4 atom stereocenters. The number of carbonyl (C=O) groups excluding carboxylic acids is 1. The van der Waals surface area contributed by atoms with E-state index >= 15 is 0 Å². The van der Waals surface area contributed by atoms with Gasteiger partial charge in [0.25, 0.3) is 0 Å². The topological polar surface area (TPSA) is 69.6 Å². The third-order valence-electron chi connectivity index (χ3n) is 5.59. The molecule has 0 aromatic heterocycles. The van der Waals surface area contributed by atoms with Gasteiger partial charge in [-0.15, -0.1) is 0 Å². The van der Waals surface area contributed by atoms with Crippen molar-refractivity contribution >= 4 is 11.9 Å². The van der Waals surface area contributed by atoms with Gasteiger partial charge in [0.2, 0.25) is 5.91 Å². The molecule has 0 aromatic carbocycles. The normalized spacial score (nSPS) is 35.7. The van der Waals surface area contributed by atoms with E-state index in [4.69, 9.17) is 0 Å². The summed E-state index contributed by atoms with van der Waals surface area (Å²) < 4.78 is 0. The predicted molar refractivity (Wildman–Crippen MR) is 78.8 cm³/mol. The van der Waals surface area contributed by atoms with Crippen LogP contribution in [0.4, 0.5) is 0 Å². The molecule has 0 bridgehead atoms. The van der Waals surface area contributed by atoms with Crippen LogP contribution < -0.4 is 5.32 Å². The number of nitrogens with zero attached hydrogens (tertiary/aromatic N) is 1. The van der Waals surface area contributed by atoms with Crippen molar-refractivity contribution in [3.8, 4) is 0 Å². The Morgan fingerprint density at radius 3 is 2.71 bits per heavy atom. The first-order valence-electron chi connectivity index (χ1n) is 8.41. The lowest BCUT2D eigenvalue weighted by Gasteiger charge is -2.33. The fourth-order valence-electron chi connectivity index (χ4n) is 4.46. The Morgan fingerprint density at radius 2 is 2.00 bits per heavy atom. The number of carboxylic acids is 1. The van der Waals surface area contributed by atoms with E-state index in [0.717, 1.165) is 45.2 Å². The Balaban J connectivity index is 1.64. The van der Waals surface area contributed by atoms with Crippen molar-refractivity contribution in [2.75, 3.05) is 13.1 Å². The summed E-state index contributed by atoms with van der Waals surface area (Å²) in [6.45, 7) is 2.05. The molecule has 0 aromatic rings. The minimum absolute atomic E-state index is 0.0729. The molecule has 2 aliphatic heterocycles. The number of carbonyl (C=O) groups is 2. The maximum absolute atomic E-state index is 12.6. The van der Waals surface area contributed by atoms with Crippen molar-refractivity contribution < 1.29 is 14.7 Å². The lowest BCUT2D eigenvalue weighted by atomic mass is 9.84. The van der Waals surface area contributed by atoms with Gasteiger partial charge in [-0.05, 0) is 57.0 Å². The first-order chi connectivity index (χ1) is 10.2. The Morgan fingerprint density at radius 1 is 1.19 bits per heavy atom. The van der Waals surface area contributed by atoms with Crippen LogP contribution in [-0.2, 0) is 9.59 Å². The van der Waals surface area contributed by atoms with E-state index in [1.54, 1.807) is 4.90 Å². The van der Waals surface area contributed by atoms with E-state index in [-0.39, 0.29) is 11.9 Å². The maximum atomic E-state index is 12.6. The molecular formula is C16H26N2O3. The molecule has 2 heterocycles. The molecule has 1 amide bonds. The highest BCUT2D eigenvalue weighted by Gasteiger charge is 2.47. The molecule has 4 unspecified atom stereocenters. The van der Waals surface area contributed by atoms with Gasteiger partial charge < -0.3 is 15.3 Å². The van der Waals surface area contributed by atoms with Crippen LogP contribution in [0.25, 0.3) is 0 Å². The van der Waals surface area contributed by atoms with Crippen LogP contribution in [0.3, 0.4) is 0 Å². The van der Waals surface area contributed by atoms with Gasteiger partial charge in [0.15, 0.2) is 0 Å². The maximum Gasteiger partial charge on any atom is 0.326 e. The molecule has 1 aliphatic carbocycles. The van der Waals surface area contributed by atoms with Crippen LogP contribution in [0.15, 0.2) is 0 Å². The van der Waals surface area contributed by atoms with Gasteiger partial charge in [-0.3, -0.25) is 4.79 Å². The van der Waals surface area contributed by atoms with Crippen LogP contribution in [0.2, 0.25) is 0 Å².